The minimum atomic E-state index is -3.75. The van der Waals surface area contributed by atoms with Gasteiger partial charge in [-0.25, -0.2) is 18.4 Å². The maximum Gasteiger partial charge on any atom is 0.263 e. The Labute approximate surface area is 214 Å². The Balaban J connectivity index is 1.22. The average molecular weight is 525 g/mol. The molecule has 0 bridgehead atoms. The van der Waals surface area contributed by atoms with Crippen LogP contribution in [0.2, 0.25) is 5.02 Å². The zero-order valence-electron chi connectivity index (χ0n) is 19.6. The molecular weight excluding hydrogens is 500 g/mol. The zero-order chi connectivity index (χ0) is 25.3. The average Bonchev–Trinajstić information content (AvgIpc) is 3.31. The molecule has 1 saturated heterocycles. The number of anilines is 2. The van der Waals surface area contributed by atoms with Crippen LogP contribution < -0.4 is 9.62 Å². The molecular formula is C25H25ClN6O3S. The molecule has 0 spiro atoms. The van der Waals surface area contributed by atoms with Gasteiger partial charge in [-0.1, -0.05) is 17.7 Å². The highest BCUT2D eigenvalue weighted by Crippen LogP contribution is 2.26. The molecule has 3 heterocycles. The highest BCUT2D eigenvalue weighted by molar-refractivity contribution is 7.92. The van der Waals surface area contributed by atoms with Crippen LogP contribution in [0.25, 0.3) is 10.9 Å². The Morgan fingerprint density at radius 1 is 1.03 bits per heavy atom. The second-order valence-corrected chi connectivity index (χ2v) is 10.7. The summed E-state index contributed by atoms with van der Waals surface area (Å²) in [4.78, 5) is 25.1. The summed E-state index contributed by atoms with van der Waals surface area (Å²) in [6, 6.07) is 15.5. The Kier molecular flexibility index (Phi) is 6.55. The second kappa shape index (κ2) is 9.79. The van der Waals surface area contributed by atoms with E-state index in [1.54, 1.807) is 24.3 Å². The molecule has 0 saturated carbocycles. The van der Waals surface area contributed by atoms with E-state index in [0.717, 1.165) is 16.6 Å². The first kappa shape index (κ1) is 24.1. The van der Waals surface area contributed by atoms with Gasteiger partial charge in [0.2, 0.25) is 5.91 Å². The first-order valence-electron chi connectivity index (χ1n) is 11.5. The van der Waals surface area contributed by atoms with Crippen LogP contribution in [-0.4, -0.2) is 59.9 Å². The SMILES string of the molecule is CC(C(=O)N1CCN(c2ccc(S(=O)(=O)Nc3ccncn3)cc2)CC1)n1ccc2ccc(Cl)cc21. The standard InChI is InChI=1S/C25H25ClN6O3S/c1-18(32-11-9-19-2-3-20(26)16-23(19)32)25(33)31-14-12-30(13-15-31)21-4-6-22(7-5-21)36(34,35)29-24-8-10-27-17-28-24/h2-11,16-18H,12-15H2,1H3,(H,27,28,29). The van der Waals surface area contributed by atoms with Crippen molar-refractivity contribution in [3.05, 3.63) is 78.3 Å². The van der Waals surface area contributed by atoms with Gasteiger partial charge >= 0.3 is 0 Å². The summed E-state index contributed by atoms with van der Waals surface area (Å²) < 4.78 is 29.7. The summed E-state index contributed by atoms with van der Waals surface area (Å²) in [7, 11) is -3.75. The Hall–Kier alpha value is -3.63. The van der Waals surface area contributed by atoms with Crippen molar-refractivity contribution in [3.8, 4) is 0 Å². The van der Waals surface area contributed by atoms with Gasteiger partial charge in [-0.05, 0) is 60.8 Å². The first-order chi connectivity index (χ1) is 17.3. The lowest BCUT2D eigenvalue weighted by Crippen LogP contribution is -2.50. The van der Waals surface area contributed by atoms with Gasteiger partial charge in [0.15, 0.2) is 0 Å². The van der Waals surface area contributed by atoms with Crippen LogP contribution in [-0.2, 0) is 14.8 Å². The van der Waals surface area contributed by atoms with Gasteiger partial charge in [0.1, 0.15) is 18.2 Å². The smallest absolute Gasteiger partial charge is 0.263 e. The summed E-state index contributed by atoms with van der Waals surface area (Å²) in [6.07, 6.45) is 4.67. The normalized spacial score (nSPS) is 15.2. The van der Waals surface area contributed by atoms with E-state index in [0.29, 0.717) is 31.2 Å². The number of hydrogen-bond donors (Lipinski definition) is 1. The Bertz CT molecular complexity index is 1480. The van der Waals surface area contributed by atoms with Crippen molar-refractivity contribution in [2.45, 2.75) is 17.9 Å². The van der Waals surface area contributed by atoms with Gasteiger partial charge in [0, 0.05) is 49.3 Å². The minimum Gasteiger partial charge on any atom is -0.368 e. The monoisotopic (exact) mass is 524 g/mol. The Morgan fingerprint density at radius 3 is 2.47 bits per heavy atom. The number of carbonyl (C=O) groups is 1. The van der Waals surface area contributed by atoms with E-state index in [1.807, 2.05) is 46.9 Å². The van der Waals surface area contributed by atoms with Crippen molar-refractivity contribution in [2.75, 3.05) is 35.8 Å². The van der Waals surface area contributed by atoms with E-state index >= 15 is 0 Å². The number of halogens is 1. The molecule has 1 unspecified atom stereocenters. The third-order valence-electron chi connectivity index (χ3n) is 6.38. The zero-order valence-corrected chi connectivity index (χ0v) is 21.2. The lowest BCUT2D eigenvalue weighted by atomic mass is 10.2. The summed E-state index contributed by atoms with van der Waals surface area (Å²) in [6.45, 7) is 4.38. The molecule has 1 amide bonds. The van der Waals surface area contributed by atoms with Crippen LogP contribution in [0.15, 0.2) is 78.2 Å². The number of carbonyl (C=O) groups excluding carboxylic acids is 1. The number of nitrogens with zero attached hydrogens (tertiary/aromatic N) is 5. The molecule has 2 aromatic carbocycles. The number of amides is 1. The van der Waals surface area contributed by atoms with Crippen LogP contribution in [0, 0.1) is 0 Å². The topological polar surface area (TPSA) is 100 Å². The molecule has 1 aliphatic rings. The molecule has 4 aromatic rings. The molecule has 1 atom stereocenters. The number of benzene rings is 2. The number of sulfonamides is 1. The van der Waals surface area contributed by atoms with Crippen molar-refractivity contribution in [3.63, 3.8) is 0 Å². The van der Waals surface area contributed by atoms with E-state index in [2.05, 4.69) is 19.6 Å². The van der Waals surface area contributed by atoms with Gasteiger partial charge in [-0.2, -0.15) is 0 Å². The number of aromatic nitrogens is 3. The van der Waals surface area contributed by atoms with Crippen LogP contribution in [0.4, 0.5) is 11.5 Å². The quantitative estimate of drug-likeness (QED) is 0.412. The van der Waals surface area contributed by atoms with Crippen molar-refractivity contribution in [2.24, 2.45) is 0 Å². The predicted octanol–water partition coefficient (Wildman–Crippen LogP) is 3.80. The fraction of sp³-hybridized carbons (Fsp3) is 0.240. The van der Waals surface area contributed by atoms with Gasteiger partial charge in [0.05, 0.1) is 10.4 Å². The lowest BCUT2D eigenvalue weighted by molar-refractivity contribution is -0.134. The summed E-state index contributed by atoms with van der Waals surface area (Å²) in [5.74, 6) is 0.268. The highest BCUT2D eigenvalue weighted by atomic mass is 35.5. The van der Waals surface area contributed by atoms with Crippen molar-refractivity contribution in [1.82, 2.24) is 19.4 Å². The van der Waals surface area contributed by atoms with Crippen LogP contribution >= 0.6 is 11.6 Å². The highest BCUT2D eigenvalue weighted by Gasteiger charge is 2.27. The number of nitrogens with one attached hydrogen (secondary N) is 1. The summed E-state index contributed by atoms with van der Waals surface area (Å²) in [5.41, 5.74) is 1.84. The molecule has 0 aliphatic carbocycles. The van der Waals surface area contributed by atoms with Gasteiger partial charge in [-0.3, -0.25) is 9.52 Å². The lowest BCUT2D eigenvalue weighted by Gasteiger charge is -2.37. The van der Waals surface area contributed by atoms with Gasteiger partial charge < -0.3 is 14.4 Å². The van der Waals surface area contributed by atoms with Crippen LogP contribution in [0.3, 0.4) is 0 Å². The van der Waals surface area contributed by atoms with Crippen molar-refractivity contribution >= 4 is 49.9 Å². The van der Waals surface area contributed by atoms with Gasteiger partial charge in [0.25, 0.3) is 10.0 Å². The third-order valence-corrected chi connectivity index (χ3v) is 7.99. The van der Waals surface area contributed by atoms with E-state index in [-0.39, 0.29) is 22.7 Å². The maximum atomic E-state index is 13.2. The third kappa shape index (κ3) is 4.87. The largest absolute Gasteiger partial charge is 0.368 e. The van der Waals surface area contributed by atoms with Crippen LogP contribution in [0.5, 0.6) is 0 Å². The molecule has 186 valence electrons. The fourth-order valence-electron chi connectivity index (χ4n) is 4.41. The molecule has 11 heteroatoms. The van der Waals surface area contributed by atoms with E-state index in [9.17, 15) is 13.2 Å². The van der Waals surface area contributed by atoms with Crippen molar-refractivity contribution in [1.29, 1.82) is 0 Å². The number of fused-ring (bicyclic) bond motifs is 1. The first-order valence-corrected chi connectivity index (χ1v) is 13.4. The molecule has 1 N–H and O–H groups in total. The Morgan fingerprint density at radius 2 is 1.78 bits per heavy atom. The second-order valence-electron chi connectivity index (χ2n) is 8.61. The fourth-order valence-corrected chi connectivity index (χ4v) is 5.59. The van der Waals surface area contributed by atoms with E-state index < -0.39 is 10.0 Å². The van der Waals surface area contributed by atoms with E-state index in [1.165, 1.54) is 18.6 Å². The summed E-state index contributed by atoms with van der Waals surface area (Å²) >= 11 is 6.17. The number of piperazine rings is 1. The molecule has 2 aromatic heterocycles. The predicted molar refractivity (Wildman–Crippen MR) is 140 cm³/mol. The molecule has 9 nitrogen and oxygen atoms in total. The van der Waals surface area contributed by atoms with Crippen molar-refractivity contribution < 1.29 is 13.2 Å². The summed E-state index contributed by atoms with van der Waals surface area (Å²) in [5, 5.41) is 1.68. The molecule has 5 rings (SSSR count). The molecule has 1 fully saturated rings. The van der Waals surface area contributed by atoms with Gasteiger partial charge in [-0.15, -0.1) is 0 Å². The van der Waals surface area contributed by atoms with Crippen LogP contribution in [0.1, 0.15) is 13.0 Å². The number of hydrogen-bond acceptors (Lipinski definition) is 6. The molecule has 0 radical (unpaired) electrons. The molecule has 36 heavy (non-hydrogen) atoms. The minimum absolute atomic E-state index is 0.0596. The molecule has 1 aliphatic heterocycles. The number of rotatable bonds is 6. The van der Waals surface area contributed by atoms with E-state index in [4.69, 9.17) is 11.6 Å². The maximum absolute atomic E-state index is 13.2.